The van der Waals surface area contributed by atoms with E-state index in [-0.39, 0.29) is 10.8 Å². The van der Waals surface area contributed by atoms with E-state index in [9.17, 15) is 13.2 Å². The van der Waals surface area contributed by atoms with E-state index < -0.39 is 16.1 Å². The van der Waals surface area contributed by atoms with E-state index in [1.807, 2.05) is 0 Å². The van der Waals surface area contributed by atoms with E-state index in [0.29, 0.717) is 6.54 Å². The van der Waals surface area contributed by atoms with Crippen LogP contribution in [0.25, 0.3) is 0 Å². The second-order valence-electron chi connectivity index (χ2n) is 4.97. The topological polar surface area (TPSA) is 78.5 Å². The molecule has 1 aromatic carbocycles. The lowest BCUT2D eigenvalue weighted by Gasteiger charge is -2.19. The maximum atomic E-state index is 12.1. The Morgan fingerprint density at radius 3 is 2.32 bits per heavy atom. The van der Waals surface area contributed by atoms with Crippen molar-refractivity contribution in [2.45, 2.75) is 31.7 Å². The molecule has 0 aromatic heterocycles. The molecule has 1 amide bonds. The molecule has 2 N–H and O–H groups in total. The van der Waals surface area contributed by atoms with Gasteiger partial charge in [-0.2, -0.15) is 4.72 Å². The molecule has 0 heterocycles. The predicted molar refractivity (Wildman–Crippen MR) is 87.0 cm³/mol. The molecule has 7 heteroatoms. The number of likely N-dealkylation sites (N-methyl/N-ethyl adjacent to an activating group) is 1. The summed E-state index contributed by atoms with van der Waals surface area (Å²) in [4.78, 5) is 14.3. The highest BCUT2D eigenvalue weighted by atomic mass is 32.2. The van der Waals surface area contributed by atoms with E-state index in [4.69, 9.17) is 0 Å². The van der Waals surface area contributed by atoms with Crippen molar-refractivity contribution in [3.05, 3.63) is 30.3 Å². The summed E-state index contributed by atoms with van der Waals surface area (Å²) < 4.78 is 26.6. The lowest BCUT2D eigenvalue weighted by molar-refractivity contribution is -0.122. The molecule has 22 heavy (non-hydrogen) atoms. The monoisotopic (exact) mass is 327 g/mol. The van der Waals surface area contributed by atoms with Crippen LogP contribution in [0.3, 0.4) is 0 Å². The number of rotatable bonds is 9. The van der Waals surface area contributed by atoms with Crippen LogP contribution in [0.4, 0.5) is 0 Å². The number of benzene rings is 1. The second kappa shape index (κ2) is 8.87. The highest BCUT2D eigenvalue weighted by molar-refractivity contribution is 7.89. The number of amides is 1. The Bertz CT molecular complexity index is 557. The average molecular weight is 327 g/mol. The predicted octanol–water partition coefficient (Wildman–Crippen LogP) is 0.811. The van der Waals surface area contributed by atoms with Crippen molar-refractivity contribution in [1.82, 2.24) is 14.9 Å². The molecule has 1 aromatic rings. The summed E-state index contributed by atoms with van der Waals surface area (Å²) >= 11 is 0. The van der Waals surface area contributed by atoms with Crippen LogP contribution in [0.1, 0.15) is 20.8 Å². The first-order valence-electron chi connectivity index (χ1n) is 7.48. The fourth-order valence-corrected chi connectivity index (χ4v) is 3.21. The van der Waals surface area contributed by atoms with Gasteiger partial charge >= 0.3 is 0 Å². The third kappa shape index (κ3) is 5.75. The van der Waals surface area contributed by atoms with Gasteiger partial charge in [-0.05, 0) is 32.1 Å². The number of sulfonamides is 1. The zero-order valence-corrected chi connectivity index (χ0v) is 14.2. The molecule has 1 rings (SSSR count). The first kappa shape index (κ1) is 18.6. The van der Waals surface area contributed by atoms with Gasteiger partial charge in [0.15, 0.2) is 0 Å². The summed E-state index contributed by atoms with van der Waals surface area (Å²) in [6.07, 6.45) is 0. The van der Waals surface area contributed by atoms with Crippen LogP contribution >= 0.6 is 0 Å². The summed E-state index contributed by atoms with van der Waals surface area (Å²) in [6.45, 7) is 8.73. The van der Waals surface area contributed by atoms with Crippen LogP contribution in [0.2, 0.25) is 0 Å². The van der Waals surface area contributed by atoms with Crippen LogP contribution in [-0.2, 0) is 14.8 Å². The SMILES string of the molecule is CCN(CC)CCNC(=O)[C@@H](C)NS(=O)(=O)c1ccccc1. The normalized spacial score (nSPS) is 13.1. The molecule has 0 aliphatic carbocycles. The fraction of sp³-hybridized carbons (Fsp3) is 0.533. The van der Waals surface area contributed by atoms with Crippen LogP contribution in [-0.4, -0.2) is 51.4 Å². The van der Waals surface area contributed by atoms with Gasteiger partial charge in [0.2, 0.25) is 15.9 Å². The average Bonchev–Trinajstić information content (AvgIpc) is 2.51. The number of nitrogens with zero attached hydrogens (tertiary/aromatic N) is 1. The molecule has 0 bridgehead atoms. The van der Waals surface area contributed by atoms with Crippen molar-refractivity contribution in [2.24, 2.45) is 0 Å². The largest absolute Gasteiger partial charge is 0.353 e. The molecule has 6 nitrogen and oxygen atoms in total. The van der Waals surface area contributed by atoms with Crippen LogP contribution in [0.5, 0.6) is 0 Å². The van der Waals surface area contributed by atoms with Gasteiger partial charge in [-0.1, -0.05) is 32.0 Å². The number of carbonyl (C=O) groups excluding carboxylic acids is 1. The second-order valence-corrected chi connectivity index (χ2v) is 6.69. The van der Waals surface area contributed by atoms with Gasteiger partial charge in [-0.3, -0.25) is 4.79 Å². The number of hydrogen-bond donors (Lipinski definition) is 2. The lowest BCUT2D eigenvalue weighted by Crippen LogP contribution is -2.46. The van der Waals surface area contributed by atoms with Gasteiger partial charge < -0.3 is 10.2 Å². The Labute approximate surface area is 132 Å². The van der Waals surface area contributed by atoms with E-state index in [2.05, 4.69) is 28.8 Å². The Hall–Kier alpha value is -1.44. The molecule has 0 unspecified atom stereocenters. The Balaban J connectivity index is 2.51. The van der Waals surface area contributed by atoms with Gasteiger partial charge in [0.05, 0.1) is 10.9 Å². The highest BCUT2D eigenvalue weighted by Gasteiger charge is 2.21. The summed E-state index contributed by atoms with van der Waals surface area (Å²) in [7, 11) is -3.68. The van der Waals surface area contributed by atoms with Crippen molar-refractivity contribution < 1.29 is 13.2 Å². The minimum atomic E-state index is -3.68. The molecule has 0 saturated carbocycles. The third-order valence-corrected chi connectivity index (χ3v) is 4.96. The molecule has 0 saturated heterocycles. The molecule has 0 aliphatic rings. The zero-order chi connectivity index (χ0) is 16.6. The highest BCUT2D eigenvalue weighted by Crippen LogP contribution is 2.07. The maximum Gasteiger partial charge on any atom is 0.241 e. The molecule has 1 atom stereocenters. The number of carbonyl (C=O) groups is 1. The molecule has 0 spiro atoms. The molecule has 0 aliphatic heterocycles. The summed E-state index contributed by atoms with van der Waals surface area (Å²) in [5.74, 6) is -0.327. The smallest absolute Gasteiger partial charge is 0.241 e. The lowest BCUT2D eigenvalue weighted by atomic mass is 10.3. The Morgan fingerprint density at radius 1 is 1.18 bits per heavy atom. The minimum Gasteiger partial charge on any atom is -0.353 e. The van der Waals surface area contributed by atoms with Gasteiger partial charge in [-0.15, -0.1) is 0 Å². The molecule has 0 fully saturated rings. The van der Waals surface area contributed by atoms with E-state index in [0.717, 1.165) is 19.6 Å². The van der Waals surface area contributed by atoms with E-state index in [1.54, 1.807) is 18.2 Å². The van der Waals surface area contributed by atoms with Gasteiger partial charge in [0.1, 0.15) is 0 Å². The third-order valence-electron chi connectivity index (χ3n) is 3.40. The quantitative estimate of drug-likeness (QED) is 0.703. The summed E-state index contributed by atoms with van der Waals surface area (Å²) in [5.41, 5.74) is 0. The molecule has 0 radical (unpaired) electrons. The Morgan fingerprint density at radius 2 is 1.77 bits per heavy atom. The van der Waals surface area contributed by atoms with Crippen LogP contribution in [0.15, 0.2) is 35.2 Å². The standard InChI is InChI=1S/C15H25N3O3S/c1-4-18(5-2)12-11-16-15(19)13(3)17-22(20,21)14-9-7-6-8-10-14/h6-10,13,17H,4-5,11-12H2,1-3H3,(H,16,19)/t13-/m1/s1. The maximum absolute atomic E-state index is 12.1. The number of nitrogens with one attached hydrogen (secondary N) is 2. The van der Waals surface area contributed by atoms with Crippen molar-refractivity contribution in [3.8, 4) is 0 Å². The summed E-state index contributed by atoms with van der Waals surface area (Å²) in [5, 5.41) is 2.75. The van der Waals surface area contributed by atoms with Crippen molar-refractivity contribution in [1.29, 1.82) is 0 Å². The Kier molecular flexibility index (Phi) is 7.50. The van der Waals surface area contributed by atoms with Crippen molar-refractivity contribution in [3.63, 3.8) is 0 Å². The van der Waals surface area contributed by atoms with Gasteiger partial charge in [-0.25, -0.2) is 8.42 Å². The van der Waals surface area contributed by atoms with Gasteiger partial charge in [0, 0.05) is 13.1 Å². The molecule has 124 valence electrons. The first-order valence-corrected chi connectivity index (χ1v) is 8.96. The summed E-state index contributed by atoms with van der Waals surface area (Å²) in [6, 6.07) is 7.19. The number of hydrogen-bond acceptors (Lipinski definition) is 4. The zero-order valence-electron chi connectivity index (χ0n) is 13.4. The molecular formula is C15H25N3O3S. The molecular weight excluding hydrogens is 302 g/mol. The van der Waals surface area contributed by atoms with E-state index >= 15 is 0 Å². The minimum absolute atomic E-state index is 0.151. The van der Waals surface area contributed by atoms with Crippen molar-refractivity contribution >= 4 is 15.9 Å². The first-order chi connectivity index (χ1) is 10.4. The van der Waals surface area contributed by atoms with Crippen molar-refractivity contribution in [2.75, 3.05) is 26.2 Å². The fourth-order valence-electron chi connectivity index (χ4n) is 1.98. The van der Waals surface area contributed by atoms with Crippen LogP contribution < -0.4 is 10.0 Å². The van der Waals surface area contributed by atoms with Crippen LogP contribution in [0, 0.1) is 0 Å². The van der Waals surface area contributed by atoms with Gasteiger partial charge in [0.25, 0.3) is 0 Å². The van der Waals surface area contributed by atoms with E-state index in [1.165, 1.54) is 19.1 Å².